The summed E-state index contributed by atoms with van der Waals surface area (Å²) in [5.41, 5.74) is 12.4. The average Bonchev–Trinajstić information content (AvgIpc) is 2.82. The Morgan fingerprint density at radius 3 is 2.90 bits per heavy atom. The zero-order valence-corrected chi connectivity index (χ0v) is 11.6. The van der Waals surface area contributed by atoms with E-state index >= 15 is 0 Å². The molecule has 1 aliphatic heterocycles. The Bertz CT molecular complexity index is 698. The van der Waals surface area contributed by atoms with Crippen LogP contribution >= 0.6 is 0 Å². The predicted octanol–water partition coefficient (Wildman–Crippen LogP) is 3.01. The lowest BCUT2D eigenvalue weighted by molar-refractivity contribution is 0.834. The summed E-state index contributed by atoms with van der Waals surface area (Å²) in [5, 5.41) is 9.18. The van der Waals surface area contributed by atoms with E-state index in [0.717, 1.165) is 41.9 Å². The van der Waals surface area contributed by atoms with Crippen LogP contribution in [-0.4, -0.2) is 6.54 Å². The molecule has 0 atom stereocenters. The second-order valence-electron chi connectivity index (χ2n) is 5.28. The van der Waals surface area contributed by atoms with E-state index in [1.807, 2.05) is 31.2 Å². The Morgan fingerprint density at radius 2 is 2.10 bits per heavy atom. The van der Waals surface area contributed by atoms with Gasteiger partial charge in [-0.3, -0.25) is 0 Å². The highest BCUT2D eigenvalue weighted by atomic mass is 15.1. The summed E-state index contributed by atoms with van der Waals surface area (Å²) in [7, 11) is 0. The SMILES string of the molecule is Cc1cc2c(cc1N)N(Cc1ccccc1C#N)CC2. The third-order valence-electron chi connectivity index (χ3n) is 3.96. The van der Waals surface area contributed by atoms with Gasteiger partial charge in [-0.15, -0.1) is 0 Å². The van der Waals surface area contributed by atoms with Crippen molar-refractivity contribution < 1.29 is 0 Å². The van der Waals surface area contributed by atoms with Crippen molar-refractivity contribution in [2.75, 3.05) is 17.2 Å². The molecule has 3 nitrogen and oxygen atoms in total. The molecule has 0 saturated carbocycles. The molecular weight excluding hydrogens is 246 g/mol. The minimum atomic E-state index is 0.751. The molecule has 2 aromatic rings. The standard InChI is InChI=1S/C17H17N3/c1-12-8-13-6-7-20(17(13)9-16(12)19)11-15-5-3-2-4-14(15)10-18/h2-5,8-9H,6-7,11,19H2,1H3. The van der Waals surface area contributed by atoms with Gasteiger partial charge in [0.2, 0.25) is 0 Å². The first kappa shape index (κ1) is 12.6. The molecule has 0 saturated heterocycles. The minimum Gasteiger partial charge on any atom is -0.398 e. The first-order valence-electron chi connectivity index (χ1n) is 6.81. The van der Waals surface area contributed by atoms with E-state index in [9.17, 15) is 5.26 Å². The number of fused-ring (bicyclic) bond motifs is 1. The molecule has 0 unspecified atom stereocenters. The molecule has 1 aliphatic rings. The summed E-state index contributed by atoms with van der Waals surface area (Å²) < 4.78 is 0. The largest absolute Gasteiger partial charge is 0.398 e. The van der Waals surface area contributed by atoms with Crippen LogP contribution in [0.1, 0.15) is 22.3 Å². The zero-order chi connectivity index (χ0) is 14.1. The number of benzene rings is 2. The molecular formula is C17H17N3. The van der Waals surface area contributed by atoms with Gasteiger partial charge < -0.3 is 10.6 Å². The monoisotopic (exact) mass is 263 g/mol. The summed E-state index contributed by atoms with van der Waals surface area (Å²) >= 11 is 0. The lowest BCUT2D eigenvalue weighted by atomic mass is 10.1. The third-order valence-corrected chi connectivity index (χ3v) is 3.96. The van der Waals surface area contributed by atoms with Crippen LogP contribution in [0.25, 0.3) is 0 Å². The van der Waals surface area contributed by atoms with Gasteiger partial charge in [0.05, 0.1) is 11.6 Å². The fourth-order valence-electron chi connectivity index (χ4n) is 2.78. The molecule has 0 aliphatic carbocycles. The number of nitrogen functional groups attached to an aromatic ring is 1. The Morgan fingerprint density at radius 1 is 1.30 bits per heavy atom. The maximum atomic E-state index is 9.18. The molecule has 0 radical (unpaired) electrons. The van der Waals surface area contributed by atoms with E-state index in [1.54, 1.807) is 0 Å². The van der Waals surface area contributed by atoms with E-state index in [4.69, 9.17) is 5.73 Å². The fourth-order valence-corrected chi connectivity index (χ4v) is 2.78. The molecule has 0 bridgehead atoms. The number of hydrogen-bond donors (Lipinski definition) is 1. The van der Waals surface area contributed by atoms with Gasteiger partial charge in [-0.1, -0.05) is 24.3 Å². The van der Waals surface area contributed by atoms with Crippen LogP contribution in [0.3, 0.4) is 0 Å². The average molecular weight is 263 g/mol. The Kier molecular flexibility index (Phi) is 3.08. The number of hydrogen-bond acceptors (Lipinski definition) is 3. The van der Waals surface area contributed by atoms with Crippen LogP contribution < -0.4 is 10.6 Å². The van der Waals surface area contributed by atoms with E-state index in [2.05, 4.69) is 23.1 Å². The van der Waals surface area contributed by atoms with Crippen LogP contribution in [0.15, 0.2) is 36.4 Å². The van der Waals surface area contributed by atoms with Crippen molar-refractivity contribution >= 4 is 11.4 Å². The molecule has 1 heterocycles. The summed E-state index contributed by atoms with van der Waals surface area (Å²) in [6.45, 7) is 3.79. The highest BCUT2D eigenvalue weighted by Gasteiger charge is 2.20. The summed E-state index contributed by atoms with van der Waals surface area (Å²) in [4.78, 5) is 2.31. The molecule has 3 heteroatoms. The van der Waals surface area contributed by atoms with E-state index in [0.29, 0.717) is 0 Å². The van der Waals surface area contributed by atoms with Gasteiger partial charge in [0.1, 0.15) is 0 Å². The second kappa shape index (κ2) is 4.90. The number of nitriles is 1. The zero-order valence-electron chi connectivity index (χ0n) is 11.6. The number of anilines is 2. The van der Waals surface area contributed by atoms with Gasteiger partial charge in [-0.2, -0.15) is 5.26 Å². The van der Waals surface area contributed by atoms with Crippen molar-refractivity contribution in [2.45, 2.75) is 19.9 Å². The Balaban J connectivity index is 1.93. The Labute approximate surface area is 119 Å². The molecule has 0 aromatic heterocycles. The maximum Gasteiger partial charge on any atom is 0.0995 e. The lowest BCUT2D eigenvalue weighted by Gasteiger charge is -2.20. The van der Waals surface area contributed by atoms with Gasteiger partial charge in [0, 0.05) is 24.5 Å². The number of rotatable bonds is 2. The molecule has 0 amide bonds. The van der Waals surface area contributed by atoms with Gasteiger partial charge >= 0.3 is 0 Å². The number of nitrogens with two attached hydrogens (primary N) is 1. The quantitative estimate of drug-likeness (QED) is 0.847. The van der Waals surface area contributed by atoms with Crippen molar-refractivity contribution in [1.29, 1.82) is 5.26 Å². The van der Waals surface area contributed by atoms with Gasteiger partial charge in [0.15, 0.2) is 0 Å². The van der Waals surface area contributed by atoms with Crippen LogP contribution in [0.2, 0.25) is 0 Å². The molecule has 2 aromatic carbocycles. The van der Waals surface area contributed by atoms with E-state index in [1.165, 1.54) is 11.3 Å². The fraction of sp³-hybridized carbons (Fsp3) is 0.235. The lowest BCUT2D eigenvalue weighted by Crippen LogP contribution is -2.20. The van der Waals surface area contributed by atoms with Crippen molar-refractivity contribution in [2.24, 2.45) is 0 Å². The van der Waals surface area contributed by atoms with E-state index in [-0.39, 0.29) is 0 Å². The minimum absolute atomic E-state index is 0.751. The molecule has 0 fully saturated rings. The van der Waals surface area contributed by atoms with Crippen molar-refractivity contribution in [3.63, 3.8) is 0 Å². The summed E-state index contributed by atoms with van der Waals surface area (Å²) in [5.74, 6) is 0. The van der Waals surface area contributed by atoms with Crippen molar-refractivity contribution in [1.82, 2.24) is 0 Å². The van der Waals surface area contributed by atoms with Gasteiger partial charge in [-0.05, 0) is 42.2 Å². The van der Waals surface area contributed by atoms with Crippen LogP contribution in [0, 0.1) is 18.3 Å². The smallest absolute Gasteiger partial charge is 0.0995 e. The molecule has 20 heavy (non-hydrogen) atoms. The molecule has 100 valence electrons. The van der Waals surface area contributed by atoms with E-state index < -0.39 is 0 Å². The van der Waals surface area contributed by atoms with Crippen molar-refractivity contribution in [3.05, 3.63) is 58.7 Å². The summed E-state index contributed by atoms with van der Waals surface area (Å²) in [6, 6.07) is 14.3. The second-order valence-corrected chi connectivity index (χ2v) is 5.28. The van der Waals surface area contributed by atoms with Crippen LogP contribution in [0.5, 0.6) is 0 Å². The maximum absolute atomic E-state index is 9.18. The highest BCUT2D eigenvalue weighted by Crippen LogP contribution is 2.33. The van der Waals surface area contributed by atoms with Crippen LogP contribution in [-0.2, 0) is 13.0 Å². The van der Waals surface area contributed by atoms with Crippen LogP contribution in [0.4, 0.5) is 11.4 Å². The predicted molar refractivity (Wildman–Crippen MR) is 81.5 cm³/mol. The number of aryl methyl sites for hydroxylation is 1. The highest BCUT2D eigenvalue weighted by molar-refractivity contribution is 5.67. The first-order chi connectivity index (χ1) is 9.69. The molecule has 3 rings (SSSR count). The van der Waals surface area contributed by atoms with Gasteiger partial charge in [-0.25, -0.2) is 0 Å². The molecule has 2 N–H and O–H groups in total. The third kappa shape index (κ3) is 2.10. The summed E-state index contributed by atoms with van der Waals surface area (Å²) in [6.07, 6.45) is 1.05. The first-order valence-corrected chi connectivity index (χ1v) is 6.81. The normalized spacial score (nSPS) is 13.1. The molecule has 0 spiro atoms. The topological polar surface area (TPSA) is 53.0 Å². The number of nitrogens with zero attached hydrogens (tertiary/aromatic N) is 2. The van der Waals surface area contributed by atoms with Gasteiger partial charge in [0.25, 0.3) is 0 Å². The van der Waals surface area contributed by atoms with Crippen molar-refractivity contribution in [3.8, 4) is 6.07 Å². The Hall–Kier alpha value is -2.47.